The fraction of sp³-hybridized carbons (Fsp3) is 0.286. The number of likely N-dealkylation sites (N-methyl/N-ethyl adjacent to an activating group) is 1. The first-order valence-corrected chi connectivity index (χ1v) is 11.7. The molecule has 6 nitrogen and oxygen atoms in total. The van der Waals surface area contributed by atoms with E-state index < -0.39 is 10.0 Å². The van der Waals surface area contributed by atoms with E-state index in [0.29, 0.717) is 24.4 Å². The zero-order valence-electron chi connectivity index (χ0n) is 16.0. The van der Waals surface area contributed by atoms with Gasteiger partial charge in [0.25, 0.3) is 5.91 Å². The molecule has 3 aromatic rings. The Morgan fingerprint density at radius 2 is 2.00 bits per heavy atom. The van der Waals surface area contributed by atoms with Gasteiger partial charge in [-0.05, 0) is 72.1 Å². The third kappa shape index (κ3) is 4.35. The molecule has 152 valence electrons. The largest absolute Gasteiger partial charge is 0.377 e. The molecule has 8 heteroatoms. The Labute approximate surface area is 174 Å². The van der Waals surface area contributed by atoms with Gasteiger partial charge in [0.1, 0.15) is 0 Å². The summed E-state index contributed by atoms with van der Waals surface area (Å²) in [5, 5.41) is 5.94. The van der Waals surface area contributed by atoms with Gasteiger partial charge in [-0.15, -0.1) is 11.3 Å². The molecule has 0 unspecified atom stereocenters. The molecule has 0 aliphatic carbocycles. The van der Waals surface area contributed by atoms with Crippen molar-refractivity contribution < 1.29 is 17.9 Å². The summed E-state index contributed by atoms with van der Waals surface area (Å²) < 4.78 is 33.5. The summed E-state index contributed by atoms with van der Waals surface area (Å²) in [4.78, 5) is 12.7. The Hall–Kier alpha value is -2.26. The maximum atomic E-state index is 12.8. The van der Waals surface area contributed by atoms with Crippen LogP contribution < -0.4 is 5.32 Å². The van der Waals surface area contributed by atoms with Gasteiger partial charge in [-0.1, -0.05) is 0 Å². The molecule has 1 atom stereocenters. The fourth-order valence-corrected chi connectivity index (χ4v) is 5.35. The maximum Gasteiger partial charge on any atom is 0.255 e. The second kappa shape index (κ2) is 8.23. The Morgan fingerprint density at radius 3 is 2.72 bits per heavy atom. The monoisotopic (exact) mass is 430 g/mol. The van der Waals surface area contributed by atoms with Gasteiger partial charge >= 0.3 is 0 Å². The van der Waals surface area contributed by atoms with Crippen LogP contribution in [0.1, 0.15) is 23.2 Å². The lowest BCUT2D eigenvalue weighted by atomic mass is 10.2. The number of carbonyl (C=O) groups is 1. The number of hydrogen-bond donors (Lipinski definition) is 1. The lowest BCUT2D eigenvalue weighted by Gasteiger charge is -2.20. The number of anilines is 1. The predicted molar refractivity (Wildman–Crippen MR) is 115 cm³/mol. The highest BCUT2D eigenvalue weighted by molar-refractivity contribution is 7.89. The second-order valence-electron chi connectivity index (χ2n) is 7.07. The number of hydrogen-bond acceptors (Lipinski definition) is 5. The van der Waals surface area contributed by atoms with E-state index >= 15 is 0 Å². The maximum absolute atomic E-state index is 12.8. The molecule has 1 aromatic heterocycles. The summed E-state index contributed by atoms with van der Waals surface area (Å²) in [6, 6.07) is 13.8. The van der Waals surface area contributed by atoms with E-state index in [0.717, 1.165) is 22.9 Å². The summed E-state index contributed by atoms with van der Waals surface area (Å²) in [5.74, 6) is -0.281. The highest BCUT2D eigenvalue weighted by Crippen LogP contribution is 2.24. The van der Waals surface area contributed by atoms with Gasteiger partial charge < -0.3 is 10.1 Å². The van der Waals surface area contributed by atoms with Gasteiger partial charge in [-0.25, -0.2) is 8.42 Å². The molecule has 1 fully saturated rings. The van der Waals surface area contributed by atoms with E-state index in [4.69, 9.17) is 4.74 Å². The number of nitrogens with zero attached hydrogens (tertiary/aromatic N) is 1. The SMILES string of the molecule is CN(C[C@H]1CCCO1)S(=O)(=O)c1ccc(C(=O)Nc2ccc3sccc3c2)cc1. The number of nitrogens with one attached hydrogen (secondary N) is 1. The zero-order chi connectivity index (χ0) is 20.4. The van der Waals surface area contributed by atoms with Crippen LogP contribution in [0, 0.1) is 0 Å². The molecule has 2 aromatic carbocycles. The highest BCUT2D eigenvalue weighted by atomic mass is 32.2. The van der Waals surface area contributed by atoms with Crippen molar-refractivity contribution in [2.24, 2.45) is 0 Å². The van der Waals surface area contributed by atoms with Crippen molar-refractivity contribution in [3.05, 3.63) is 59.5 Å². The standard InChI is InChI=1S/C21H22N2O4S2/c1-23(14-18-3-2-11-27-18)29(25,26)19-7-4-15(5-8-19)21(24)22-17-6-9-20-16(13-17)10-12-28-20/h4-10,12-13,18H,2-3,11,14H2,1H3,(H,22,24)/t18-/m1/s1. The van der Waals surface area contributed by atoms with E-state index in [1.54, 1.807) is 18.4 Å². The minimum absolute atomic E-state index is 0.0552. The van der Waals surface area contributed by atoms with E-state index in [1.165, 1.54) is 28.6 Å². The number of fused-ring (bicyclic) bond motifs is 1. The molecule has 29 heavy (non-hydrogen) atoms. The number of sulfonamides is 1. The number of rotatable bonds is 6. The van der Waals surface area contributed by atoms with E-state index in [1.807, 2.05) is 29.6 Å². The summed E-state index contributed by atoms with van der Waals surface area (Å²) in [7, 11) is -2.07. The average Bonchev–Trinajstić information content (AvgIpc) is 3.39. The summed E-state index contributed by atoms with van der Waals surface area (Å²) in [6.45, 7) is 1.01. The lowest BCUT2D eigenvalue weighted by Crippen LogP contribution is -2.34. The smallest absolute Gasteiger partial charge is 0.255 e. The fourth-order valence-electron chi connectivity index (χ4n) is 3.38. The average molecular weight is 431 g/mol. The first-order chi connectivity index (χ1) is 13.9. The van der Waals surface area contributed by atoms with Gasteiger partial charge in [-0.3, -0.25) is 4.79 Å². The molecule has 0 bridgehead atoms. The molecule has 1 N–H and O–H groups in total. The second-order valence-corrected chi connectivity index (χ2v) is 10.1. The molecule has 0 spiro atoms. The number of thiophene rings is 1. The van der Waals surface area contributed by atoms with Crippen LogP contribution in [0.25, 0.3) is 10.1 Å². The zero-order valence-corrected chi connectivity index (χ0v) is 17.6. The van der Waals surface area contributed by atoms with Crippen LogP contribution in [0.2, 0.25) is 0 Å². The molecule has 1 aliphatic heterocycles. The van der Waals surface area contributed by atoms with Crippen molar-refractivity contribution in [3.63, 3.8) is 0 Å². The Kier molecular flexibility index (Phi) is 5.69. The molecule has 4 rings (SSSR count). The van der Waals surface area contributed by atoms with Crippen LogP contribution in [0.5, 0.6) is 0 Å². The number of benzene rings is 2. The van der Waals surface area contributed by atoms with Crippen LogP contribution >= 0.6 is 11.3 Å². The Balaban J connectivity index is 1.45. The van der Waals surface area contributed by atoms with Gasteiger partial charge in [0.2, 0.25) is 10.0 Å². The molecule has 1 amide bonds. The van der Waals surface area contributed by atoms with E-state index in [2.05, 4.69) is 5.32 Å². The predicted octanol–water partition coefficient (Wildman–Crippen LogP) is 3.95. The summed E-state index contributed by atoms with van der Waals surface area (Å²) >= 11 is 1.65. The molecule has 0 radical (unpaired) electrons. The summed E-state index contributed by atoms with van der Waals surface area (Å²) in [6.07, 6.45) is 1.78. The third-order valence-corrected chi connectivity index (χ3v) is 7.76. The van der Waals surface area contributed by atoms with Crippen molar-refractivity contribution in [1.82, 2.24) is 4.31 Å². The third-order valence-electron chi connectivity index (χ3n) is 5.02. The van der Waals surface area contributed by atoms with Gasteiger partial charge in [-0.2, -0.15) is 4.31 Å². The molecular weight excluding hydrogens is 408 g/mol. The quantitative estimate of drug-likeness (QED) is 0.642. The first kappa shape index (κ1) is 20.0. The van der Waals surface area contributed by atoms with Gasteiger partial charge in [0, 0.05) is 36.2 Å². The molecule has 2 heterocycles. The topological polar surface area (TPSA) is 75.7 Å². The molecule has 1 saturated heterocycles. The Morgan fingerprint density at radius 1 is 1.21 bits per heavy atom. The highest BCUT2D eigenvalue weighted by Gasteiger charge is 2.26. The van der Waals surface area contributed by atoms with Gasteiger partial charge in [0.05, 0.1) is 11.0 Å². The summed E-state index contributed by atoms with van der Waals surface area (Å²) in [5.41, 5.74) is 1.10. The lowest BCUT2D eigenvalue weighted by molar-refractivity contribution is 0.0979. The number of amides is 1. The van der Waals surface area contributed by atoms with Crippen molar-refractivity contribution in [2.75, 3.05) is 25.5 Å². The number of ether oxygens (including phenoxy) is 1. The van der Waals surface area contributed by atoms with Crippen LogP contribution in [-0.4, -0.2) is 44.9 Å². The number of carbonyl (C=O) groups excluding carboxylic acids is 1. The minimum Gasteiger partial charge on any atom is -0.377 e. The van der Waals surface area contributed by atoms with Crippen LogP contribution in [0.15, 0.2) is 58.8 Å². The van der Waals surface area contributed by atoms with Crippen LogP contribution in [0.3, 0.4) is 0 Å². The molecule has 0 saturated carbocycles. The molecule has 1 aliphatic rings. The first-order valence-electron chi connectivity index (χ1n) is 9.40. The molecular formula is C21H22N2O4S2. The van der Waals surface area contributed by atoms with Crippen molar-refractivity contribution >= 4 is 43.0 Å². The van der Waals surface area contributed by atoms with E-state index in [9.17, 15) is 13.2 Å². The van der Waals surface area contributed by atoms with Crippen molar-refractivity contribution in [1.29, 1.82) is 0 Å². The minimum atomic E-state index is -3.62. The van der Waals surface area contributed by atoms with Crippen molar-refractivity contribution in [2.45, 2.75) is 23.8 Å². The van der Waals surface area contributed by atoms with E-state index in [-0.39, 0.29) is 16.9 Å². The normalized spacial score (nSPS) is 17.1. The Bertz CT molecular complexity index is 1120. The van der Waals surface area contributed by atoms with Crippen LogP contribution in [0.4, 0.5) is 5.69 Å². The van der Waals surface area contributed by atoms with Crippen molar-refractivity contribution in [3.8, 4) is 0 Å². The van der Waals surface area contributed by atoms with Gasteiger partial charge in [0.15, 0.2) is 0 Å². The van der Waals surface area contributed by atoms with Crippen LogP contribution in [-0.2, 0) is 14.8 Å².